The van der Waals surface area contributed by atoms with Gasteiger partial charge in [-0.15, -0.1) is 11.3 Å². The molecule has 4 rings (SSSR count). The predicted octanol–water partition coefficient (Wildman–Crippen LogP) is 4.47. The van der Waals surface area contributed by atoms with Crippen LogP contribution in [0.25, 0.3) is 11.1 Å². The lowest BCUT2D eigenvalue weighted by Gasteiger charge is -2.19. The molecule has 2 amide bonds. The molecular weight excluding hydrogens is 466 g/mol. The molecular formula is C26H27N3O5S. The molecule has 0 saturated heterocycles. The minimum absolute atomic E-state index is 0.0129. The second kappa shape index (κ2) is 10.7. The number of aromatic carboxylic acids is 1. The van der Waals surface area contributed by atoms with Crippen molar-refractivity contribution in [2.24, 2.45) is 0 Å². The number of rotatable bonds is 9. The number of alkyl carbamates (subject to hydrolysis) is 1. The number of thiazole rings is 1. The van der Waals surface area contributed by atoms with E-state index in [1.807, 2.05) is 43.3 Å². The minimum Gasteiger partial charge on any atom is -0.476 e. The minimum atomic E-state index is -1.10. The molecule has 1 aliphatic rings. The van der Waals surface area contributed by atoms with Crippen molar-refractivity contribution in [3.05, 3.63) is 75.2 Å². The maximum Gasteiger partial charge on any atom is 0.407 e. The number of hydrogen-bond donors (Lipinski definition) is 3. The van der Waals surface area contributed by atoms with Crippen LogP contribution in [0.4, 0.5) is 4.79 Å². The first-order chi connectivity index (χ1) is 16.9. The number of ether oxygens (including phenoxy) is 1. The van der Waals surface area contributed by atoms with Crippen LogP contribution >= 0.6 is 11.3 Å². The van der Waals surface area contributed by atoms with Crippen LogP contribution in [-0.2, 0) is 16.1 Å². The molecule has 35 heavy (non-hydrogen) atoms. The van der Waals surface area contributed by atoms with E-state index in [4.69, 9.17) is 9.84 Å². The number of nitrogens with zero attached hydrogens (tertiary/aromatic N) is 1. The maximum absolute atomic E-state index is 12.7. The molecule has 2 aromatic carbocycles. The first-order valence-electron chi connectivity index (χ1n) is 11.5. The Morgan fingerprint density at radius 3 is 2.29 bits per heavy atom. The normalized spacial score (nSPS) is 13.0. The Morgan fingerprint density at radius 1 is 1.09 bits per heavy atom. The molecule has 3 N–H and O–H groups in total. The maximum atomic E-state index is 12.7. The zero-order valence-electron chi connectivity index (χ0n) is 19.5. The van der Waals surface area contributed by atoms with Crippen LogP contribution in [0.15, 0.2) is 48.5 Å². The highest BCUT2D eigenvalue weighted by molar-refractivity contribution is 7.11. The number of hydrogen-bond acceptors (Lipinski definition) is 6. The monoisotopic (exact) mass is 493 g/mol. The average Bonchev–Trinajstić information content (AvgIpc) is 3.38. The highest BCUT2D eigenvalue weighted by Crippen LogP contribution is 2.44. The van der Waals surface area contributed by atoms with E-state index in [0.29, 0.717) is 22.7 Å². The van der Waals surface area contributed by atoms with Gasteiger partial charge in [0, 0.05) is 10.8 Å². The number of amides is 2. The fourth-order valence-electron chi connectivity index (χ4n) is 4.35. The van der Waals surface area contributed by atoms with Crippen molar-refractivity contribution in [1.29, 1.82) is 0 Å². The third-order valence-corrected chi connectivity index (χ3v) is 6.96. The molecule has 1 aromatic heterocycles. The van der Waals surface area contributed by atoms with Crippen LogP contribution in [0.1, 0.15) is 57.2 Å². The van der Waals surface area contributed by atoms with Crippen LogP contribution < -0.4 is 10.6 Å². The summed E-state index contributed by atoms with van der Waals surface area (Å²) >= 11 is 1.22. The number of fused-ring (bicyclic) bond motifs is 3. The largest absolute Gasteiger partial charge is 0.476 e. The first kappa shape index (κ1) is 24.4. The van der Waals surface area contributed by atoms with Gasteiger partial charge in [0.1, 0.15) is 17.7 Å². The summed E-state index contributed by atoms with van der Waals surface area (Å²) in [4.78, 5) is 41.2. The van der Waals surface area contributed by atoms with Gasteiger partial charge in [-0.05, 0) is 35.6 Å². The zero-order valence-corrected chi connectivity index (χ0v) is 20.4. The molecule has 1 aliphatic carbocycles. The van der Waals surface area contributed by atoms with E-state index in [0.717, 1.165) is 22.3 Å². The number of carboxylic acid groups (broad SMARTS) is 1. The van der Waals surface area contributed by atoms with Gasteiger partial charge in [0.2, 0.25) is 5.91 Å². The van der Waals surface area contributed by atoms with Gasteiger partial charge in [0.25, 0.3) is 0 Å². The highest BCUT2D eigenvalue weighted by Gasteiger charge is 2.29. The van der Waals surface area contributed by atoms with Crippen LogP contribution in [-0.4, -0.2) is 40.7 Å². The van der Waals surface area contributed by atoms with E-state index < -0.39 is 18.1 Å². The van der Waals surface area contributed by atoms with E-state index in [-0.39, 0.29) is 30.7 Å². The highest BCUT2D eigenvalue weighted by atomic mass is 32.1. The van der Waals surface area contributed by atoms with Gasteiger partial charge in [0.15, 0.2) is 5.69 Å². The topological polar surface area (TPSA) is 118 Å². The summed E-state index contributed by atoms with van der Waals surface area (Å²) in [5.74, 6) is -1.54. The lowest BCUT2D eigenvalue weighted by molar-refractivity contribution is -0.123. The van der Waals surface area contributed by atoms with Crippen molar-refractivity contribution in [2.45, 2.75) is 45.2 Å². The second-order valence-electron chi connectivity index (χ2n) is 8.35. The molecule has 0 fully saturated rings. The number of carbonyl (C=O) groups excluding carboxylic acids is 2. The smallest absolute Gasteiger partial charge is 0.407 e. The fourth-order valence-corrected chi connectivity index (χ4v) is 5.22. The van der Waals surface area contributed by atoms with Crippen molar-refractivity contribution >= 4 is 29.3 Å². The third kappa shape index (κ3) is 5.35. The fraction of sp³-hybridized carbons (Fsp3) is 0.308. The summed E-state index contributed by atoms with van der Waals surface area (Å²) in [6.07, 6.45) is 0.466. The summed E-state index contributed by atoms with van der Waals surface area (Å²) in [6, 6.07) is 15.4. The molecule has 0 saturated carbocycles. The summed E-state index contributed by atoms with van der Waals surface area (Å²) in [7, 11) is 0. The van der Waals surface area contributed by atoms with Crippen LogP contribution in [0.2, 0.25) is 0 Å². The molecule has 0 spiro atoms. The van der Waals surface area contributed by atoms with E-state index >= 15 is 0 Å². The van der Waals surface area contributed by atoms with Crippen molar-refractivity contribution in [1.82, 2.24) is 15.6 Å². The number of aromatic nitrogens is 1. The van der Waals surface area contributed by atoms with E-state index in [1.54, 1.807) is 6.92 Å². The Kier molecular flexibility index (Phi) is 7.45. The molecule has 1 heterocycles. The SMILES string of the molecule is CCC[C@@H](NC(=O)OCC1c2ccccc2-c2ccccc21)C(=O)NCc1nc(C(=O)O)c(C)s1. The average molecular weight is 494 g/mol. The Hall–Kier alpha value is -3.72. The second-order valence-corrected chi connectivity index (χ2v) is 9.63. The third-order valence-electron chi connectivity index (χ3n) is 5.99. The van der Waals surface area contributed by atoms with Crippen molar-refractivity contribution in [2.75, 3.05) is 6.61 Å². The quantitative estimate of drug-likeness (QED) is 0.405. The molecule has 1 atom stereocenters. The van der Waals surface area contributed by atoms with E-state index in [2.05, 4.69) is 27.8 Å². The predicted molar refractivity (Wildman–Crippen MR) is 133 cm³/mol. The lowest BCUT2D eigenvalue weighted by Crippen LogP contribution is -2.46. The number of benzene rings is 2. The molecule has 0 radical (unpaired) electrons. The van der Waals surface area contributed by atoms with Gasteiger partial charge in [-0.3, -0.25) is 4.79 Å². The number of carboxylic acids is 1. The number of carbonyl (C=O) groups is 3. The zero-order chi connectivity index (χ0) is 24.9. The summed E-state index contributed by atoms with van der Waals surface area (Å²) in [5.41, 5.74) is 4.50. The van der Waals surface area contributed by atoms with Crippen molar-refractivity contribution in [3.8, 4) is 11.1 Å². The summed E-state index contributed by atoms with van der Waals surface area (Å²) in [5, 5.41) is 15.1. The van der Waals surface area contributed by atoms with Crippen molar-refractivity contribution < 1.29 is 24.2 Å². The lowest BCUT2D eigenvalue weighted by atomic mass is 9.98. The summed E-state index contributed by atoms with van der Waals surface area (Å²) in [6.45, 7) is 3.84. The Balaban J connectivity index is 1.35. The Bertz CT molecular complexity index is 1210. The van der Waals surface area contributed by atoms with Crippen molar-refractivity contribution in [3.63, 3.8) is 0 Å². The van der Waals surface area contributed by atoms with Gasteiger partial charge in [-0.1, -0.05) is 61.9 Å². The van der Waals surface area contributed by atoms with Gasteiger partial charge in [0.05, 0.1) is 6.54 Å². The Labute approximate surface area is 207 Å². The first-order valence-corrected chi connectivity index (χ1v) is 12.3. The molecule has 8 nitrogen and oxygen atoms in total. The number of nitrogens with one attached hydrogen (secondary N) is 2. The van der Waals surface area contributed by atoms with Gasteiger partial charge in [-0.25, -0.2) is 14.6 Å². The molecule has 0 unspecified atom stereocenters. The van der Waals surface area contributed by atoms with Gasteiger partial charge >= 0.3 is 12.1 Å². The standard InChI is InChI=1S/C26H27N3O5S/c1-3-8-21(24(30)27-13-22-29-23(25(31)32)15(2)35-22)28-26(33)34-14-20-18-11-6-4-9-16(18)17-10-5-7-12-19(17)20/h4-7,9-12,20-21H,3,8,13-14H2,1-2H3,(H,27,30)(H,28,33)(H,31,32)/t21-/m1/s1. The van der Waals surface area contributed by atoms with E-state index in [9.17, 15) is 14.4 Å². The molecule has 0 aliphatic heterocycles. The Morgan fingerprint density at radius 2 is 1.71 bits per heavy atom. The van der Waals surface area contributed by atoms with Crippen LogP contribution in [0, 0.1) is 6.92 Å². The molecule has 0 bridgehead atoms. The van der Waals surface area contributed by atoms with Gasteiger partial charge in [-0.2, -0.15) is 0 Å². The number of aryl methyl sites for hydroxylation is 1. The van der Waals surface area contributed by atoms with Crippen LogP contribution in [0.3, 0.4) is 0 Å². The van der Waals surface area contributed by atoms with E-state index in [1.165, 1.54) is 11.3 Å². The van der Waals surface area contributed by atoms with Gasteiger partial charge < -0.3 is 20.5 Å². The molecule has 182 valence electrons. The molecule has 3 aromatic rings. The molecule has 9 heteroatoms. The summed E-state index contributed by atoms with van der Waals surface area (Å²) < 4.78 is 5.57. The van der Waals surface area contributed by atoms with Crippen LogP contribution in [0.5, 0.6) is 0 Å².